The fourth-order valence-corrected chi connectivity index (χ4v) is 2.02. The molecule has 1 rings (SSSR count). The van der Waals surface area contributed by atoms with Crippen molar-refractivity contribution in [1.82, 2.24) is 4.90 Å². The molecule has 2 atom stereocenters. The molecule has 4 nitrogen and oxygen atoms in total. The van der Waals surface area contributed by atoms with Crippen LogP contribution >= 0.6 is 0 Å². The van der Waals surface area contributed by atoms with Crippen LogP contribution in [0, 0.1) is 11.3 Å². The zero-order valence-corrected chi connectivity index (χ0v) is 8.44. The standard InChI is InChI=1S/C10H16N2O2/c1-2-9(10(13)14)12-6-4-3-5-8(12)7-11/h8-9H,2-6H2,1H3,(H,13,14). The Morgan fingerprint density at radius 1 is 1.71 bits per heavy atom. The monoisotopic (exact) mass is 196 g/mol. The van der Waals surface area contributed by atoms with Gasteiger partial charge in [0.15, 0.2) is 0 Å². The highest BCUT2D eigenvalue weighted by atomic mass is 16.4. The van der Waals surface area contributed by atoms with E-state index < -0.39 is 12.0 Å². The van der Waals surface area contributed by atoms with Gasteiger partial charge in [0.05, 0.1) is 12.1 Å². The molecule has 2 unspecified atom stereocenters. The van der Waals surface area contributed by atoms with E-state index in [1.807, 2.05) is 11.8 Å². The number of likely N-dealkylation sites (tertiary alicyclic amines) is 1. The zero-order valence-electron chi connectivity index (χ0n) is 8.44. The average Bonchev–Trinajstić information content (AvgIpc) is 2.19. The van der Waals surface area contributed by atoms with Crippen LogP contribution in [0.15, 0.2) is 0 Å². The Kier molecular flexibility index (Phi) is 3.90. The lowest BCUT2D eigenvalue weighted by molar-refractivity contribution is -0.144. The average molecular weight is 196 g/mol. The SMILES string of the molecule is CCC(C(=O)O)N1CCCCC1C#N. The van der Waals surface area contributed by atoms with E-state index in [9.17, 15) is 4.79 Å². The van der Waals surface area contributed by atoms with Gasteiger partial charge in [-0.15, -0.1) is 0 Å². The number of nitriles is 1. The molecule has 0 aromatic carbocycles. The van der Waals surface area contributed by atoms with Crippen LogP contribution in [0.25, 0.3) is 0 Å². The molecular weight excluding hydrogens is 180 g/mol. The summed E-state index contributed by atoms with van der Waals surface area (Å²) in [5.74, 6) is -0.811. The molecule has 1 heterocycles. The van der Waals surface area contributed by atoms with Crippen molar-refractivity contribution in [3.05, 3.63) is 0 Å². The Labute approximate surface area is 84.1 Å². The normalized spacial score (nSPS) is 25.3. The van der Waals surface area contributed by atoms with Crippen molar-refractivity contribution in [2.45, 2.75) is 44.7 Å². The minimum absolute atomic E-state index is 0.204. The summed E-state index contributed by atoms with van der Waals surface area (Å²) in [6, 6.07) is 1.50. The second-order valence-electron chi connectivity index (χ2n) is 3.64. The summed E-state index contributed by atoms with van der Waals surface area (Å²) >= 11 is 0. The zero-order chi connectivity index (χ0) is 10.6. The molecule has 0 spiro atoms. The molecule has 1 aliphatic heterocycles. The Balaban J connectivity index is 2.71. The van der Waals surface area contributed by atoms with Crippen LogP contribution < -0.4 is 0 Å². The number of piperidine rings is 1. The van der Waals surface area contributed by atoms with E-state index in [4.69, 9.17) is 10.4 Å². The number of carboxylic acid groups (broad SMARTS) is 1. The van der Waals surface area contributed by atoms with Crippen LogP contribution in [-0.2, 0) is 4.79 Å². The molecule has 1 fully saturated rings. The van der Waals surface area contributed by atoms with Crippen LogP contribution in [0.4, 0.5) is 0 Å². The van der Waals surface area contributed by atoms with Gasteiger partial charge in [-0.05, 0) is 25.7 Å². The smallest absolute Gasteiger partial charge is 0.320 e. The number of carbonyl (C=O) groups is 1. The van der Waals surface area contributed by atoms with Crippen LogP contribution in [0.5, 0.6) is 0 Å². The largest absolute Gasteiger partial charge is 0.480 e. The highest BCUT2D eigenvalue weighted by Crippen LogP contribution is 2.20. The van der Waals surface area contributed by atoms with Crippen molar-refractivity contribution in [2.75, 3.05) is 6.54 Å². The van der Waals surface area contributed by atoms with E-state index in [1.54, 1.807) is 0 Å². The van der Waals surface area contributed by atoms with E-state index in [0.717, 1.165) is 25.8 Å². The molecule has 0 radical (unpaired) electrons. The molecular formula is C10H16N2O2. The quantitative estimate of drug-likeness (QED) is 0.737. The van der Waals surface area contributed by atoms with E-state index in [2.05, 4.69) is 6.07 Å². The fourth-order valence-electron chi connectivity index (χ4n) is 2.02. The molecule has 0 amide bonds. The second-order valence-corrected chi connectivity index (χ2v) is 3.64. The molecule has 0 saturated carbocycles. The molecule has 0 aliphatic carbocycles. The van der Waals surface area contributed by atoms with Crippen molar-refractivity contribution < 1.29 is 9.90 Å². The maximum absolute atomic E-state index is 10.9. The molecule has 4 heteroatoms. The summed E-state index contributed by atoms with van der Waals surface area (Å²) < 4.78 is 0. The van der Waals surface area contributed by atoms with Crippen LogP contribution in [0.3, 0.4) is 0 Å². The number of carboxylic acids is 1. The van der Waals surface area contributed by atoms with Crippen molar-refractivity contribution in [3.63, 3.8) is 0 Å². The summed E-state index contributed by atoms with van der Waals surface area (Å²) in [5, 5.41) is 17.9. The number of hydrogen-bond acceptors (Lipinski definition) is 3. The van der Waals surface area contributed by atoms with E-state index in [-0.39, 0.29) is 6.04 Å². The predicted molar refractivity (Wildman–Crippen MR) is 51.7 cm³/mol. The first-order chi connectivity index (χ1) is 6.70. The molecule has 0 bridgehead atoms. The van der Waals surface area contributed by atoms with Gasteiger partial charge in [0.2, 0.25) is 0 Å². The Bertz CT molecular complexity index is 247. The number of nitrogens with zero attached hydrogens (tertiary/aromatic N) is 2. The van der Waals surface area contributed by atoms with E-state index in [0.29, 0.717) is 6.42 Å². The van der Waals surface area contributed by atoms with Crippen LogP contribution in [-0.4, -0.2) is 34.6 Å². The van der Waals surface area contributed by atoms with Gasteiger partial charge >= 0.3 is 5.97 Å². The molecule has 1 N–H and O–H groups in total. The molecule has 78 valence electrons. The van der Waals surface area contributed by atoms with Crippen molar-refractivity contribution in [2.24, 2.45) is 0 Å². The fraction of sp³-hybridized carbons (Fsp3) is 0.800. The lowest BCUT2D eigenvalue weighted by atomic mass is 10.00. The lowest BCUT2D eigenvalue weighted by Crippen LogP contribution is -2.49. The summed E-state index contributed by atoms with van der Waals surface area (Å²) in [6.07, 6.45) is 3.40. The topological polar surface area (TPSA) is 64.3 Å². The van der Waals surface area contributed by atoms with Gasteiger partial charge in [-0.2, -0.15) is 5.26 Å². The third kappa shape index (κ3) is 2.24. The number of hydrogen-bond donors (Lipinski definition) is 1. The maximum Gasteiger partial charge on any atom is 0.320 e. The molecule has 0 aromatic heterocycles. The van der Waals surface area contributed by atoms with Crippen molar-refractivity contribution in [3.8, 4) is 6.07 Å². The Morgan fingerprint density at radius 3 is 2.93 bits per heavy atom. The maximum atomic E-state index is 10.9. The summed E-state index contributed by atoms with van der Waals surface area (Å²) in [4.78, 5) is 12.8. The Morgan fingerprint density at radius 2 is 2.43 bits per heavy atom. The van der Waals surface area contributed by atoms with Crippen molar-refractivity contribution >= 4 is 5.97 Å². The molecule has 14 heavy (non-hydrogen) atoms. The van der Waals surface area contributed by atoms with Gasteiger partial charge in [0, 0.05) is 6.54 Å². The highest BCUT2D eigenvalue weighted by molar-refractivity contribution is 5.73. The van der Waals surface area contributed by atoms with Gasteiger partial charge in [-0.1, -0.05) is 6.92 Å². The van der Waals surface area contributed by atoms with Gasteiger partial charge in [-0.25, -0.2) is 0 Å². The van der Waals surface area contributed by atoms with Gasteiger partial charge in [-0.3, -0.25) is 9.69 Å². The third-order valence-electron chi connectivity index (χ3n) is 2.77. The predicted octanol–water partition coefficient (Wildman–Crippen LogP) is 1.23. The first-order valence-corrected chi connectivity index (χ1v) is 5.08. The van der Waals surface area contributed by atoms with Crippen LogP contribution in [0.2, 0.25) is 0 Å². The summed E-state index contributed by atoms with van der Waals surface area (Å²) in [5.41, 5.74) is 0. The molecule has 1 saturated heterocycles. The Hall–Kier alpha value is -1.08. The molecule has 1 aliphatic rings. The van der Waals surface area contributed by atoms with Crippen molar-refractivity contribution in [1.29, 1.82) is 5.26 Å². The first kappa shape index (κ1) is 11.0. The summed E-state index contributed by atoms with van der Waals surface area (Å²) in [6.45, 7) is 2.59. The highest BCUT2D eigenvalue weighted by Gasteiger charge is 2.31. The lowest BCUT2D eigenvalue weighted by Gasteiger charge is -2.35. The van der Waals surface area contributed by atoms with Gasteiger partial charge in [0.25, 0.3) is 0 Å². The van der Waals surface area contributed by atoms with Gasteiger partial charge in [0.1, 0.15) is 6.04 Å². The molecule has 0 aromatic rings. The van der Waals surface area contributed by atoms with Gasteiger partial charge < -0.3 is 5.11 Å². The van der Waals surface area contributed by atoms with E-state index in [1.165, 1.54) is 0 Å². The van der Waals surface area contributed by atoms with E-state index >= 15 is 0 Å². The second kappa shape index (κ2) is 4.97. The minimum atomic E-state index is -0.811. The third-order valence-corrected chi connectivity index (χ3v) is 2.77. The minimum Gasteiger partial charge on any atom is -0.480 e. The summed E-state index contributed by atoms with van der Waals surface area (Å²) in [7, 11) is 0. The number of rotatable bonds is 3. The first-order valence-electron chi connectivity index (χ1n) is 5.08. The van der Waals surface area contributed by atoms with Crippen LogP contribution in [0.1, 0.15) is 32.6 Å². The number of aliphatic carboxylic acids is 1.